The Bertz CT molecular complexity index is 523. The van der Waals surface area contributed by atoms with Crippen molar-refractivity contribution >= 4 is 17.9 Å². The van der Waals surface area contributed by atoms with Gasteiger partial charge in [-0.25, -0.2) is 9.78 Å². The second-order valence-corrected chi connectivity index (χ2v) is 8.88. The van der Waals surface area contributed by atoms with Crippen LogP contribution >= 0.6 is 11.8 Å². The first kappa shape index (κ1) is 18.1. The van der Waals surface area contributed by atoms with E-state index in [1.54, 1.807) is 11.8 Å². The van der Waals surface area contributed by atoms with Gasteiger partial charge in [0.2, 0.25) is 0 Å². The highest BCUT2D eigenvalue weighted by atomic mass is 32.2. The Morgan fingerprint density at radius 2 is 2.09 bits per heavy atom. The standard InChI is InChI=1S/C18H28N2O2S/c1-13(2)23-16-10-9-14(12-19-16)15-8-6-7-11-20(15)17(21)22-18(3,4)5/h9-10,12-13,15H,6-8,11H2,1-5H3. The average molecular weight is 337 g/mol. The number of pyridine rings is 1. The fourth-order valence-corrected chi connectivity index (χ4v) is 3.46. The van der Waals surface area contributed by atoms with Crippen LogP contribution in [-0.4, -0.2) is 33.4 Å². The van der Waals surface area contributed by atoms with Crippen molar-refractivity contribution in [3.8, 4) is 0 Å². The summed E-state index contributed by atoms with van der Waals surface area (Å²) in [5.41, 5.74) is 0.637. The molecule has 1 aliphatic heterocycles. The van der Waals surface area contributed by atoms with Gasteiger partial charge in [0.05, 0.1) is 11.1 Å². The van der Waals surface area contributed by atoms with Crippen LogP contribution in [0.4, 0.5) is 4.79 Å². The van der Waals surface area contributed by atoms with E-state index in [1.807, 2.05) is 31.9 Å². The predicted molar refractivity (Wildman–Crippen MR) is 94.8 cm³/mol. The van der Waals surface area contributed by atoms with Gasteiger partial charge in [0.1, 0.15) is 5.60 Å². The first-order valence-corrected chi connectivity index (χ1v) is 9.26. The van der Waals surface area contributed by atoms with E-state index in [4.69, 9.17) is 4.74 Å². The smallest absolute Gasteiger partial charge is 0.410 e. The van der Waals surface area contributed by atoms with Crippen LogP contribution in [0.1, 0.15) is 65.5 Å². The molecule has 5 heteroatoms. The Morgan fingerprint density at radius 3 is 2.65 bits per heavy atom. The third-order valence-electron chi connectivity index (χ3n) is 3.63. The van der Waals surface area contributed by atoms with Crippen molar-refractivity contribution < 1.29 is 9.53 Å². The number of amides is 1. The lowest BCUT2D eigenvalue weighted by Gasteiger charge is -2.36. The Hall–Kier alpha value is -1.23. The Morgan fingerprint density at radius 1 is 1.35 bits per heavy atom. The molecule has 0 aromatic carbocycles. The maximum Gasteiger partial charge on any atom is 0.410 e. The average Bonchev–Trinajstić information content (AvgIpc) is 2.46. The van der Waals surface area contributed by atoms with E-state index in [1.165, 1.54) is 0 Å². The number of carbonyl (C=O) groups excluding carboxylic acids is 1. The molecule has 1 aromatic heterocycles. The minimum absolute atomic E-state index is 0.0733. The molecule has 0 aliphatic carbocycles. The largest absolute Gasteiger partial charge is 0.444 e. The molecule has 0 bridgehead atoms. The number of ether oxygens (including phenoxy) is 1. The summed E-state index contributed by atoms with van der Waals surface area (Å²) < 4.78 is 5.57. The normalized spacial score (nSPS) is 19.0. The Balaban J connectivity index is 2.13. The van der Waals surface area contributed by atoms with Crippen LogP contribution in [-0.2, 0) is 4.74 Å². The van der Waals surface area contributed by atoms with E-state index in [0.717, 1.165) is 36.4 Å². The molecule has 2 rings (SSSR count). The lowest BCUT2D eigenvalue weighted by molar-refractivity contribution is 0.00947. The number of carbonyl (C=O) groups is 1. The zero-order valence-corrected chi connectivity index (χ0v) is 15.7. The van der Waals surface area contributed by atoms with Crippen LogP contribution in [0.3, 0.4) is 0 Å². The minimum Gasteiger partial charge on any atom is -0.444 e. The van der Waals surface area contributed by atoms with E-state index in [2.05, 4.69) is 31.0 Å². The zero-order valence-electron chi connectivity index (χ0n) is 14.8. The summed E-state index contributed by atoms with van der Waals surface area (Å²) in [6.07, 6.45) is 4.83. The molecule has 2 heterocycles. The number of nitrogens with zero attached hydrogens (tertiary/aromatic N) is 2. The van der Waals surface area contributed by atoms with Crippen LogP contribution in [0, 0.1) is 0 Å². The molecule has 1 fully saturated rings. The van der Waals surface area contributed by atoms with Crippen LogP contribution in [0.15, 0.2) is 23.4 Å². The third-order valence-corrected chi connectivity index (χ3v) is 4.59. The van der Waals surface area contributed by atoms with E-state index in [9.17, 15) is 4.79 Å². The summed E-state index contributed by atoms with van der Waals surface area (Å²) in [4.78, 5) is 18.9. The zero-order chi connectivity index (χ0) is 17.0. The van der Waals surface area contributed by atoms with Crippen molar-refractivity contribution in [1.82, 2.24) is 9.88 Å². The molecule has 0 saturated carbocycles. The maximum atomic E-state index is 12.5. The predicted octanol–water partition coefficient (Wildman–Crippen LogP) is 5.04. The fourth-order valence-electron chi connectivity index (χ4n) is 2.72. The molecule has 0 spiro atoms. The fraction of sp³-hybridized carbons (Fsp3) is 0.667. The van der Waals surface area contributed by atoms with Crippen LogP contribution in [0.5, 0.6) is 0 Å². The molecule has 1 aromatic rings. The molecule has 23 heavy (non-hydrogen) atoms. The molecule has 128 valence electrons. The summed E-state index contributed by atoms with van der Waals surface area (Å²) in [5.74, 6) is 0. The quantitative estimate of drug-likeness (QED) is 0.725. The van der Waals surface area contributed by atoms with E-state index in [0.29, 0.717) is 5.25 Å². The summed E-state index contributed by atoms with van der Waals surface area (Å²) >= 11 is 1.75. The highest BCUT2D eigenvalue weighted by Crippen LogP contribution is 2.32. The van der Waals surface area contributed by atoms with E-state index >= 15 is 0 Å². The lowest BCUT2D eigenvalue weighted by Crippen LogP contribution is -2.41. The molecule has 0 radical (unpaired) electrons. The van der Waals surface area contributed by atoms with Crippen LogP contribution in [0.2, 0.25) is 0 Å². The van der Waals surface area contributed by atoms with Crippen molar-refractivity contribution in [3.63, 3.8) is 0 Å². The monoisotopic (exact) mass is 336 g/mol. The number of hydrogen-bond donors (Lipinski definition) is 0. The molecule has 4 nitrogen and oxygen atoms in total. The molecule has 1 amide bonds. The van der Waals surface area contributed by atoms with Gasteiger partial charge in [-0.2, -0.15) is 0 Å². The van der Waals surface area contributed by atoms with Gasteiger partial charge in [0.15, 0.2) is 0 Å². The molecular weight excluding hydrogens is 308 g/mol. The van der Waals surface area contributed by atoms with Crippen molar-refractivity contribution in [1.29, 1.82) is 0 Å². The van der Waals surface area contributed by atoms with Gasteiger partial charge in [-0.15, -0.1) is 11.8 Å². The number of aromatic nitrogens is 1. The summed E-state index contributed by atoms with van der Waals surface area (Å²) in [6.45, 7) is 10.8. The Kier molecular flexibility index (Phi) is 5.95. The van der Waals surface area contributed by atoms with Gasteiger partial charge in [-0.05, 0) is 51.7 Å². The van der Waals surface area contributed by atoms with Gasteiger partial charge < -0.3 is 9.64 Å². The molecule has 1 atom stereocenters. The molecule has 0 N–H and O–H groups in total. The summed E-state index contributed by atoms with van der Waals surface area (Å²) in [7, 11) is 0. The van der Waals surface area contributed by atoms with Gasteiger partial charge in [-0.1, -0.05) is 19.9 Å². The Labute approximate surface area is 144 Å². The highest BCUT2D eigenvalue weighted by molar-refractivity contribution is 7.99. The molecule has 1 aliphatic rings. The van der Waals surface area contributed by atoms with Gasteiger partial charge in [0, 0.05) is 18.0 Å². The summed E-state index contributed by atoms with van der Waals surface area (Å²) in [6, 6.07) is 4.23. The van der Waals surface area contributed by atoms with Crippen molar-refractivity contribution in [3.05, 3.63) is 23.9 Å². The van der Waals surface area contributed by atoms with E-state index in [-0.39, 0.29) is 12.1 Å². The summed E-state index contributed by atoms with van der Waals surface area (Å²) in [5, 5.41) is 1.55. The number of likely N-dealkylation sites (tertiary alicyclic amines) is 1. The molecular formula is C18H28N2O2S. The van der Waals surface area contributed by atoms with Gasteiger partial charge >= 0.3 is 6.09 Å². The minimum atomic E-state index is -0.463. The maximum absolute atomic E-state index is 12.5. The number of rotatable bonds is 3. The lowest BCUT2D eigenvalue weighted by atomic mass is 9.97. The number of hydrogen-bond acceptors (Lipinski definition) is 4. The highest BCUT2D eigenvalue weighted by Gasteiger charge is 2.31. The first-order chi connectivity index (χ1) is 10.8. The number of piperidine rings is 1. The van der Waals surface area contributed by atoms with Crippen molar-refractivity contribution in [2.24, 2.45) is 0 Å². The van der Waals surface area contributed by atoms with Crippen molar-refractivity contribution in [2.75, 3.05) is 6.54 Å². The van der Waals surface area contributed by atoms with E-state index < -0.39 is 5.60 Å². The van der Waals surface area contributed by atoms with Crippen LogP contribution < -0.4 is 0 Å². The number of thioether (sulfide) groups is 1. The third kappa shape index (κ3) is 5.41. The second-order valence-electron chi connectivity index (χ2n) is 7.28. The van der Waals surface area contributed by atoms with Gasteiger partial charge in [-0.3, -0.25) is 0 Å². The van der Waals surface area contributed by atoms with Crippen LogP contribution in [0.25, 0.3) is 0 Å². The SMILES string of the molecule is CC(C)Sc1ccc(C2CCCCN2C(=O)OC(C)(C)C)cn1. The van der Waals surface area contributed by atoms with Gasteiger partial charge in [0.25, 0.3) is 0 Å². The second kappa shape index (κ2) is 7.56. The molecule has 1 unspecified atom stereocenters. The molecule has 1 saturated heterocycles. The van der Waals surface area contributed by atoms with Crippen molar-refractivity contribution in [2.45, 2.75) is 75.8 Å². The first-order valence-electron chi connectivity index (χ1n) is 8.38. The topological polar surface area (TPSA) is 42.4 Å².